The monoisotopic (exact) mass is 352 g/mol. The first-order valence-corrected chi connectivity index (χ1v) is 10.0. The number of aryl methyl sites for hydroxylation is 1. The second kappa shape index (κ2) is 6.15. The van der Waals surface area contributed by atoms with Crippen molar-refractivity contribution in [2.75, 3.05) is 0 Å². The topological polar surface area (TPSA) is 51.1 Å². The van der Waals surface area contributed by atoms with E-state index in [1.54, 1.807) is 6.92 Å². The fourth-order valence-electron chi connectivity index (χ4n) is 3.12. The van der Waals surface area contributed by atoms with Crippen LogP contribution >= 0.6 is 0 Å². The minimum Gasteiger partial charge on any atom is -0.347 e. The molecule has 0 radical (unpaired) electrons. The van der Waals surface area contributed by atoms with Gasteiger partial charge in [0.1, 0.15) is 5.82 Å². The third kappa shape index (κ3) is 3.35. The smallest absolute Gasteiger partial charge is 0.215 e. The van der Waals surface area contributed by atoms with E-state index in [0.29, 0.717) is 11.5 Å². The fraction of sp³-hybridized carbons (Fsp3) is 0.556. The molecule has 1 aromatic carbocycles. The number of aromatic nitrogens is 1. The molecule has 6 heteroatoms. The van der Waals surface area contributed by atoms with Crippen LogP contribution in [0, 0.1) is 18.7 Å². The van der Waals surface area contributed by atoms with Crippen molar-refractivity contribution >= 4 is 20.9 Å². The molecule has 1 aromatic heterocycles. The lowest BCUT2D eigenvalue weighted by Crippen LogP contribution is -2.29. The number of nitrogens with one attached hydrogen (secondary N) is 1. The van der Waals surface area contributed by atoms with Gasteiger partial charge in [-0.15, -0.1) is 0 Å². The van der Waals surface area contributed by atoms with Crippen LogP contribution < -0.4 is 4.72 Å². The van der Waals surface area contributed by atoms with E-state index in [4.69, 9.17) is 0 Å². The number of hydrogen-bond donors (Lipinski definition) is 1. The Balaban J connectivity index is 2.04. The molecule has 0 aliphatic heterocycles. The number of halogens is 1. The van der Waals surface area contributed by atoms with E-state index in [1.165, 1.54) is 6.07 Å². The van der Waals surface area contributed by atoms with E-state index >= 15 is 0 Å². The maximum absolute atomic E-state index is 14.1. The van der Waals surface area contributed by atoms with E-state index in [9.17, 15) is 12.8 Å². The van der Waals surface area contributed by atoms with Crippen molar-refractivity contribution in [2.45, 2.75) is 58.4 Å². The summed E-state index contributed by atoms with van der Waals surface area (Å²) in [6, 6.07) is 2.99. The lowest BCUT2D eigenvalue weighted by Gasteiger charge is -2.13. The summed E-state index contributed by atoms with van der Waals surface area (Å²) in [4.78, 5) is 0. The summed E-state index contributed by atoms with van der Waals surface area (Å²) in [5.74, 6) is 0.181. The molecule has 2 aromatic rings. The van der Waals surface area contributed by atoms with Crippen LogP contribution in [0.1, 0.15) is 50.8 Å². The van der Waals surface area contributed by atoms with E-state index < -0.39 is 10.0 Å². The van der Waals surface area contributed by atoms with Crippen LogP contribution in [0.2, 0.25) is 0 Å². The molecular formula is C18H25FN2O2S. The van der Waals surface area contributed by atoms with Crippen molar-refractivity contribution in [1.29, 1.82) is 0 Å². The van der Waals surface area contributed by atoms with Crippen molar-refractivity contribution in [2.24, 2.45) is 5.92 Å². The van der Waals surface area contributed by atoms with Crippen molar-refractivity contribution in [3.8, 4) is 0 Å². The van der Waals surface area contributed by atoms with Gasteiger partial charge in [0.25, 0.3) is 0 Å². The van der Waals surface area contributed by atoms with Crippen LogP contribution in [0.3, 0.4) is 0 Å². The maximum atomic E-state index is 14.1. The molecule has 0 unspecified atom stereocenters. The summed E-state index contributed by atoms with van der Waals surface area (Å²) < 4.78 is 43.4. The molecule has 24 heavy (non-hydrogen) atoms. The van der Waals surface area contributed by atoms with Gasteiger partial charge < -0.3 is 4.57 Å². The molecule has 1 aliphatic carbocycles. The molecule has 1 N–H and O–H groups in total. The molecule has 0 saturated heterocycles. The predicted molar refractivity (Wildman–Crippen MR) is 95.0 cm³/mol. The van der Waals surface area contributed by atoms with Crippen molar-refractivity contribution in [3.05, 3.63) is 35.3 Å². The quantitative estimate of drug-likeness (QED) is 0.857. The van der Waals surface area contributed by atoms with Crippen molar-refractivity contribution in [3.63, 3.8) is 0 Å². The average molecular weight is 352 g/mol. The van der Waals surface area contributed by atoms with E-state index in [-0.39, 0.29) is 17.1 Å². The minimum atomic E-state index is -3.29. The van der Waals surface area contributed by atoms with Crippen LogP contribution in [0.15, 0.2) is 18.3 Å². The zero-order valence-electron chi connectivity index (χ0n) is 14.6. The largest absolute Gasteiger partial charge is 0.347 e. The Morgan fingerprint density at radius 1 is 1.29 bits per heavy atom. The molecule has 132 valence electrons. The van der Waals surface area contributed by atoms with E-state index in [1.807, 2.05) is 19.2 Å². The molecule has 0 spiro atoms. The highest BCUT2D eigenvalue weighted by atomic mass is 32.2. The SMILES string of the molecule is Cc1cc2c(cc1F)c([C@@H](C)NS(=O)(=O)C1CC1)cn2CC(C)C. The molecule has 0 amide bonds. The van der Waals surface area contributed by atoms with Gasteiger partial charge in [-0.05, 0) is 55.9 Å². The zero-order chi connectivity index (χ0) is 17.6. The van der Waals surface area contributed by atoms with E-state index in [0.717, 1.165) is 35.9 Å². The highest BCUT2D eigenvalue weighted by molar-refractivity contribution is 7.90. The van der Waals surface area contributed by atoms with Gasteiger partial charge in [0.2, 0.25) is 10.0 Å². The molecule has 3 rings (SSSR count). The predicted octanol–water partition coefficient (Wildman–Crippen LogP) is 3.89. The normalized spacial score (nSPS) is 16.9. The highest BCUT2D eigenvalue weighted by Crippen LogP contribution is 2.32. The Morgan fingerprint density at radius 3 is 2.54 bits per heavy atom. The highest BCUT2D eigenvalue weighted by Gasteiger charge is 2.36. The third-order valence-corrected chi connectivity index (χ3v) is 6.56. The number of rotatable bonds is 6. The maximum Gasteiger partial charge on any atom is 0.215 e. The summed E-state index contributed by atoms with van der Waals surface area (Å²) in [5.41, 5.74) is 2.38. The summed E-state index contributed by atoms with van der Waals surface area (Å²) >= 11 is 0. The summed E-state index contributed by atoms with van der Waals surface area (Å²) in [6.45, 7) is 8.64. The van der Waals surface area contributed by atoms with Crippen LogP contribution in [0.25, 0.3) is 10.9 Å². The van der Waals surface area contributed by atoms with Gasteiger partial charge in [-0.25, -0.2) is 17.5 Å². The Hall–Kier alpha value is -1.40. The first-order chi connectivity index (χ1) is 11.2. The summed E-state index contributed by atoms with van der Waals surface area (Å²) in [5, 5.41) is 0.521. The lowest BCUT2D eigenvalue weighted by atomic mass is 10.1. The Morgan fingerprint density at radius 2 is 1.96 bits per heavy atom. The summed E-state index contributed by atoms with van der Waals surface area (Å²) in [6.07, 6.45) is 3.42. The Bertz CT molecular complexity index is 867. The third-order valence-electron chi connectivity index (χ3n) is 4.52. The van der Waals surface area contributed by atoms with Gasteiger partial charge in [0.05, 0.1) is 5.25 Å². The second-order valence-corrected chi connectivity index (χ2v) is 9.33. The van der Waals surface area contributed by atoms with Crippen LogP contribution in [0.5, 0.6) is 0 Å². The van der Waals surface area contributed by atoms with Gasteiger partial charge >= 0.3 is 0 Å². The van der Waals surface area contributed by atoms with Gasteiger partial charge in [0, 0.05) is 29.7 Å². The Kier molecular flexibility index (Phi) is 4.47. The van der Waals surface area contributed by atoms with Gasteiger partial charge in [-0.2, -0.15) is 0 Å². The molecule has 1 heterocycles. The molecule has 1 aliphatic rings. The Labute approximate surface area is 143 Å². The van der Waals surface area contributed by atoms with Gasteiger partial charge in [0.15, 0.2) is 0 Å². The van der Waals surface area contributed by atoms with E-state index in [2.05, 4.69) is 23.1 Å². The first kappa shape index (κ1) is 17.4. The second-order valence-electron chi connectivity index (χ2n) is 7.33. The fourth-order valence-corrected chi connectivity index (χ4v) is 4.68. The number of sulfonamides is 1. The van der Waals surface area contributed by atoms with Crippen molar-refractivity contribution < 1.29 is 12.8 Å². The average Bonchev–Trinajstić information content (AvgIpc) is 3.26. The molecule has 1 atom stereocenters. The van der Waals surface area contributed by atoms with Crippen molar-refractivity contribution in [1.82, 2.24) is 9.29 Å². The number of hydrogen-bond acceptors (Lipinski definition) is 2. The summed E-state index contributed by atoms with van der Waals surface area (Å²) in [7, 11) is -3.29. The number of nitrogens with zero attached hydrogens (tertiary/aromatic N) is 1. The molecular weight excluding hydrogens is 327 g/mol. The molecule has 1 fully saturated rings. The molecule has 1 saturated carbocycles. The molecule has 4 nitrogen and oxygen atoms in total. The van der Waals surface area contributed by atoms with Crippen LogP contribution in [-0.2, 0) is 16.6 Å². The number of benzene rings is 1. The zero-order valence-corrected chi connectivity index (χ0v) is 15.5. The standard InChI is InChI=1S/C18H25FN2O2S/c1-11(2)9-21-10-16(13(4)20-24(22,23)14-5-6-14)15-8-17(19)12(3)7-18(15)21/h7-8,10-11,13-14,20H,5-6,9H2,1-4H3/t13-/m1/s1. The first-order valence-electron chi connectivity index (χ1n) is 8.49. The van der Waals surface area contributed by atoms with Crippen LogP contribution in [0.4, 0.5) is 4.39 Å². The van der Waals surface area contributed by atoms with Crippen LogP contribution in [-0.4, -0.2) is 18.2 Å². The number of fused-ring (bicyclic) bond motifs is 1. The van der Waals surface area contributed by atoms with Gasteiger partial charge in [-0.1, -0.05) is 13.8 Å². The minimum absolute atomic E-state index is 0.261. The molecule has 0 bridgehead atoms. The lowest BCUT2D eigenvalue weighted by molar-refractivity contribution is 0.532. The van der Waals surface area contributed by atoms with Gasteiger partial charge in [-0.3, -0.25) is 0 Å².